The van der Waals surface area contributed by atoms with Crippen LogP contribution in [0.1, 0.15) is 20.9 Å². The molecule has 0 bridgehead atoms. The lowest BCUT2D eigenvalue weighted by molar-refractivity contribution is 0.0950. The van der Waals surface area contributed by atoms with E-state index in [1.165, 1.54) is 12.1 Å². The van der Waals surface area contributed by atoms with E-state index in [1.54, 1.807) is 36.7 Å². The van der Waals surface area contributed by atoms with E-state index in [-0.39, 0.29) is 16.7 Å². The van der Waals surface area contributed by atoms with E-state index < -0.39 is 0 Å². The Morgan fingerprint density at radius 3 is 2.39 bits per heavy atom. The van der Waals surface area contributed by atoms with Crippen LogP contribution in [-0.4, -0.2) is 10.9 Å². The first kappa shape index (κ1) is 12.7. The molecule has 5 heteroatoms. The highest BCUT2D eigenvalue weighted by Gasteiger charge is 2.12. The van der Waals surface area contributed by atoms with E-state index in [2.05, 4.69) is 26.2 Å². The summed E-state index contributed by atoms with van der Waals surface area (Å²) in [7, 11) is 0. The van der Waals surface area contributed by atoms with Crippen molar-refractivity contribution >= 4 is 21.8 Å². The molecule has 2 rings (SSSR count). The smallest absolute Gasteiger partial charge is 0.252 e. The number of amides is 1. The maximum Gasteiger partial charge on any atom is 0.252 e. The number of benzene rings is 1. The molecule has 0 fully saturated rings. The fourth-order valence-electron chi connectivity index (χ4n) is 1.42. The molecule has 92 valence electrons. The summed E-state index contributed by atoms with van der Waals surface area (Å²) in [4.78, 5) is 15.3. The van der Waals surface area contributed by atoms with Crippen LogP contribution < -0.4 is 5.32 Å². The van der Waals surface area contributed by atoms with Crippen molar-refractivity contribution in [1.29, 1.82) is 0 Å². The Labute approximate surface area is 112 Å². The minimum atomic E-state index is -0.362. The van der Waals surface area contributed by atoms with E-state index in [0.717, 1.165) is 5.56 Å². The second-order valence-electron chi connectivity index (χ2n) is 3.62. The number of alkyl halides is 1. The molecule has 0 saturated carbocycles. The summed E-state index contributed by atoms with van der Waals surface area (Å²) in [5, 5.41) is 2.76. The molecule has 1 N–H and O–H groups in total. The van der Waals surface area contributed by atoms with Gasteiger partial charge in [0.2, 0.25) is 0 Å². The lowest BCUT2D eigenvalue weighted by atomic mass is 10.2. The van der Waals surface area contributed by atoms with Crippen LogP contribution in [0.15, 0.2) is 48.8 Å². The molecule has 1 heterocycles. The summed E-state index contributed by atoms with van der Waals surface area (Å²) < 4.78 is 12.8. The molecule has 1 aromatic heterocycles. The second-order valence-corrected chi connectivity index (χ2v) is 4.54. The minimum Gasteiger partial charge on any atom is -0.336 e. The molecule has 0 aliphatic heterocycles. The lowest BCUT2D eigenvalue weighted by Gasteiger charge is -2.12. The van der Waals surface area contributed by atoms with E-state index in [0.29, 0.717) is 5.56 Å². The topological polar surface area (TPSA) is 42.0 Å². The first-order valence-corrected chi connectivity index (χ1v) is 6.19. The van der Waals surface area contributed by atoms with Gasteiger partial charge in [0.15, 0.2) is 0 Å². The molecule has 0 aliphatic carbocycles. The van der Waals surface area contributed by atoms with Gasteiger partial charge in [0.05, 0.1) is 0 Å². The van der Waals surface area contributed by atoms with Crippen molar-refractivity contribution in [1.82, 2.24) is 10.3 Å². The maximum absolute atomic E-state index is 12.8. The standard InChI is InChI=1S/C13H10BrFN2O/c14-12(9-1-3-11(15)4-2-9)17-13(18)10-5-7-16-8-6-10/h1-8,12H,(H,17,18). The van der Waals surface area contributed by atoms with Crippen molar-refractivity contribution in [2.24, 2.45) is 0 Å². The number of halogens is 2. The number of nitrogens with one attached hydrogen (secondary N) is 1. The zero-order chi connectivity index (χ0) is 13.0. The quantitative estimate of drug-likeness (QED) is 0.699. The third-order valence-corrected chi connectivity index (χ3v) is 3.12. The Balaban J connectivity index is 2.06. The highest BCUT2D eigenvalue weighted by atomic mass is 79.9. The van der Waals surface area contributed by atoms with Gasteiger partial charge in [0.25, 0.3) is 5.91 Å². The fraction of sp³-hybridized carbons (Fsp3) is 0.0769. The van der Waals surface area contributed by atoms with Gasteiger partial charge in [-0.25, -0.2) is 4.39 Å². The number of pyridine rings is 1. The Morgan fingerprint density at radius 1 is 1.17 bits per heavy atom. The van der Waals surface area contributed by atoms with E-state index in [4.69, 9.17) is 0 Å². The van der Waals surface area contributed by atoms with E-state index in [1.807, 2.05) is 0 Å². The molecule has 0 spiro atoms. The SMILES string of the molecule is O=C(NC(Br)c1ccc(F)cc1)c1ccncc1. The maximum atomic E-state index is 12.8. The predicted molar refractivity (Wildman–Crippen MR) is 69.8 cm³/mol. The number of hydrogen-bond acceptors (Lipinski definition) is 2. The molecule has 18 heavy (non-hydrogen) atoms. The Bertz CT molecular complexity index is 530. The van der Waals surface area contributed by atoms with Gasteiger partial charge in [-0.3, -0.25) is 9.78 Å². The van der Waals surface area contributed by atoms with Crippen LogP contribution in [0.4, 0.5) is 4.39 Å². The van der Waals surface area contributed by atoms with Crippen molar-refractivity contribution in [2.45, 2.75) is 4.95 Å². The summed E-state index contributed by atoms with van der Waals surface area (Å²) in [6.45, 7) is 0. The van der Waals surface area contributed by atoms with Crippen LogP contribution in [0.5, 0.6) is 0 Å². The van der Waals surface area contributed by atoms with Crippen LogP contribution in [-0.2, 0) is 0 Å². The van der Waals surface area contributed by atoms with Gasteiger partial charge < -0.3 is 5.32 Å². The molecule has 1 aromatic carbocycles. The summed E-state index contributed by atoms with van der Waals surface area (Å²) in [6, 6.07) is 9.17. The highest BCUT2D eigenvalue weighted by molar-refractivity contribution is 9.09. The minimum absolute atomic E-state index is 0.219. The average molecular weight is 309 g/mol. The van der Waals surface area contributed by atoms with Gasteiger partial charge in [-0.1, -0.05) is 28.1 Å². The largest absolute Gasteiger partial charge is 0.336 e. The van der Waals surface area contributed by atoms with Gasteiger partial charge >= 0.3 is 0 Å². The van der Waals surface area contributed by atoms with Gasteiger partial charge in [0.1, 0.15) is 10.8 Å². The number of carbonyl (C=O) groups is 1. The average Bonchev–Trinajstić information content (AvgIpc) is 2.40. The van der Waals surface area contributed by atoms with Crippen molar-refractivity contribution in [3.63, 3.8) is 0 Å². The second kappa shape index (κ2) is 5.73. The number of rotatable bonds is 3. The van der Waals surface area contributed by atoms with Crippen LogP contribution in [0.2, 0.25) is 0 Å². The van der Waals surface area contributed by atoms with E-state index in [9.17, 15) is 9.18 Å². The molecule has 0 saturated heterocycles. The summed E-state index contributed by atoms with van der Waals surface area (Å²) >= 11 is 3.34. The molecule has 0 radical (unpaired) electrons. The molecule has 0 aliphatic rings. The predicted octanol–water partition coefficient (Wildman–Crippen LogP) is 3.04. The Morgan fingerprint density at radius 2 is 1.78 bits per heavy atom. The van der Waals surface area contributed by atoms with E-state index >= 15 is 0 Å². The normalized spacial score (nSPS) is 11.9. The van der Waals surface area contributed by atoms with Gasteiger partial charge in [-0.2, -0.15) is 0 Å². The monoisotopic (exact) mass is 308 g/mol. The number of carbonyl (C=O) groups excluding carboxylic acids is 1. The molecule has 1 unspecified atom stereocenters. The molecule has 1 amide bonds. The Kier molecular flexibility index (Phi) is 4.04. The lowest BCUT2D eigenvalue weighted by Crippen LogP contribution is -2.24. The summed E-state index contributed by atoms with van der Waals surface area (Å²) in [5.41, 5.74) is 1.30. The molecular formula is C13H10BrFN2O. The molecule has 2 aromatic rings. The third-order valence-electron chi connectivity index (χ3n) is 2.36. The van der Waals surface area contributed by atoms with Gasteiger partial charge in [0, 0.05) is 18.0 Å². The molecular weight excluding hydrogens is 299 g/mol. The Hall–Kier alpha value is -1.75. The van der Waals surface area contributed by atoms with Crippen LogP contribution in [0.25, 0.3) is 0 Å². The van der Waals surface area contributed by atoms with Crippen LogP contribution >= 0.6 is 15.9 Å². The highest BCUT2D eigenvalue weighted by Crippen LogP contribution is 2.20. The number of nitrogens with zero attached hydrogens (tertiary/aromatic N) is 1. The number of hydrogen-bond donors (Lipinski definition) is 1. The zero-order valence-electron chi connectivity index (χ0n) is 9.31. The third kappa shape index (κ3) is 3.13. The first-order chi connectivity index (χ1) is 8.66. The van der Waals surface area contributed by atoms with Crippen molar-refractivity contribution < 1.29 is 9.18 Å². The van der Waals surface area contributed by atoms with Crippen molar-refractivity contribution in [3.05, 3.63) is 65.7 Å². The van der Waals surface area contributed by atoms with Crippen molar-refractivity contribution in [2.75, 3.05) is 0 Å². The first-order valence-electron chi connectivity index (χ1n) is 5.27. The summed E-state index contributed by atoms with van der Waals surface area (Å²) in [5.74, 6) is -0.525. The molecule has 1 atom stereocenters. The zero-order valence-corrected chi connectivity index (χ0v) is 10.9. The van der Waals surface area contributed by atoms with Crippen molar-refractivity contribution in [3.8, 4) is 0 Å². The fourth-order valence-corrected chi connectivity index (χ4v) is 1.93. The van der Waals surface area contributed by atoms with Crippen LogP contribution in [0, 0.1) is 5.82 Å². The van der Waals surface area contributed by atoms with Gasteiger partial charge in [-0.15, -0.1) is 0 Å². The van der Waals surface area contributed by atoms with Gasteiger partial charge in [-0.05, 0) is 29.8 Å². The summed E-state index contributed by atoms with van der Waals surface area (Å²) in [6.07, 6.45) is 3.10. The van der Waals surface area contributed by atoms with Crippen LogP contribution in [0.3, 0.4) is 0 Å². The number of aromatic nitrogens is 1. The molecule has 3 nitrogen and oxygen atoms in total.